The Morgan fingerprint density at radius 3 is 2.30 bits per heavy atom. The summed E-state index contributed by atoms with van der Waals surface area (Å²) in [7, 11) is -3.62. The van der Waals surface area contributed by atoms with Gasteiger partial charge < -0.3 is 10.1 Å². The van der Waals surface area contributed by atoms with Gasteiger partial charge >= 0.3 is 5.97 Å². The van der Waals surface area contributed by atoms with E-state index in [1.165, 1.54) is 57.5 Å². The van der Waals surface area contributed by atoms with Crippen molar-refractivity contribution >= 4 is 38.2 Å². The second-order valence-electron chi connectivity index (χ2n) is 8.83. The summed E-state index contributed by atoms with van der Waals surface area (Å²) in [5.41, 5.74) is 4.92. The van der Waals surface area contributed by atoms with E-state index in [0.717, 1.165) is 30.4 Å². The molecule has 0 saturated carbocycles. The van der Waals surface area contributed by atoms with Crippen LogP contribution in [-0.4, -0.2) is 44.3 Å². The first kappa shape index (κ1) is 27.0. The molecule has 1 aromatic heterocycles. The van der Waals surface area contributed by atoms with Gasteiger partial charge in [-0.1, -0.05) is 32.0 Å². The van der Waals surface area contributed by atoms with E-state index in [2.05, 4.69) is 17.4 Å². The van der Waals surface area contributed by atoms with Gasteiger partial charge in [0.05, 0.1) is 11.5 Å². The summed E-state index contributed by atoms with van der Waals surface area (Å²) < 4.78 is 32.2. The molecule has 0 unspecified atom stereocenters. The zero-order valence-electron chi connectivity index (χ0n) is 21.4. The van der Waals surface area contributed by atoms with E-state index in [9.17, 15) is 18.0 Å². The summed E-state index contributed by atoms with van der Waals surface area (Å²) in [5.74, 6) is -0.927. The van der Waals surface area contributed by atoms with Crippen LogP contribution in [-0.2, 0) is 27.6 Å². The van der Waals surface area contributed by atoms with E-state index in [1.54, 1.807) is 20.8 Å². The van der Waals surface area contributed by atoms with Gasteiger partial charge in [0.1, 0.15) is 10.6 Å². The van der Waals surface area contributed by atoms with Crippen molar-refractivity contribution in [3.05, 3.63) is 70.1 Å². The second-order valence-corrected chi connectivity index (χ2v) is 11.6. The molecule has 0 bridgehead atoms. The number of nitrogens with one attached hydrogen (secondary N) is 1. The SMILES string of the molecule is CCOC(=O)c1c(-c2ccc3c(c2)CCCC3)csc1NC(=O)c1ccc(S(=O)(=O)N(CC)CC)cc1. The van der Waals surface area contributed by atoms with E-state index >= 15 is 0 Å². The number of rotatable bonds is 9. The highest BCUT2D eigenvalue weighted by Crippen LogP contribution is 2.38. The quantitative estimate of drug-likeness (QED) is 0.349. The van der Waals surface area contributed by atoms with Gasteiger partial charge in [0.25, 0.3) is 5.91 Å². The van der Waals surface area contributed by atoms with Crippen LogP contribution >= 0.6 is 11.3 Å². The zero-order valence-corrected chi connectivity index (χ0v) is 23.0. The van der Waals surface area contributed by atoms with Crippen LogP contribution < -0.4 is 5.32 Å². The molecular formula is C28H32N2O5S2. The highest BCUT2D eigenvalue weighted by atomic mass is 32.2. The van der Waals surface area contributed by atoms with Crippen LogP contribution in [0, 0.1) is 0 Å². The van der Waals surface area contributed by atoms with E-state index in [-0.39, 0.29) is 17.1 Å². The summed E-state index contributed by atoms with van der Waals surface area (Å²) in [6.07, 6.45) is 4.44. The number of carbonyl (C=O) groups excluding carboxylic acids is 2. The highest BCUT2D eigenvalue weighted by Gasteiger charge is 2.25. The molecule has 3 aromatic rings. The molecule has 0 aliphatic heterocycles. The predicted octanol–water partition coefficient (Wildman–Crippen LogP) is 5.75. The number of thiophene rings is 1. The molecule has 0 spiro atoms. The zero-order chi connectivity index (χ0) is 26.6. The van der Waals surface area contributed by atoms with Crippen LogP contribution in [0.1, 0.15) is 65.5 Å². The molecule has 1 N–H and O–H groups in total. The summed E-state index contributed by atoms with van der Waals surface area (Å²) >= 11 is 1.27. The lowest BCUT2D eigenvalue weighted by atomic mass is 9.89. The largest absolute Gasteiger partial charge is 0.462 e. The maximum absolute atomic E-state index is 13.1. The van der Waals surface area contributed by atoms with Crippen LogP contribution in [0.5, 0.6) is 0 Å². The minimum absolute atomic E-state index is 0.130. The highest BCUT2D eigenvalue weighted by molar-refractivity contribution is 7.89. The Morgan fingerprint density at radius 2 is 1.65 bits per heavy atom. The molecule has 1 heterocycles. The second kappa shape index (κ2) is 11.6. The molecule has 0 radical (unpaired) electrons. The minimum Gasteiger partial charge on any atom is -0.462 e. The summed E-state index contributed by atoms with van der Waals surface area (Å²) in [5, 5.41) is 5.11. The van der Waals surface area contributed by atoms with Crippen molar-refractivity contribution in [3.63, 3.8) is 0 Å². The number of aryl methyl sites for hydroxylation is 2. The van der Waals surface area contributed by atoms with E-state index in [4.69, 9.17) is 4.74 Å². The number of fused-ring (bicyclic) bond motifs is 1. The third-order valence-corrected chi connectivity index (χ3v) is 9.58. The van der Waals surface area contributed by atoms with Gasteiger partial charge in [-0.3, -0.25) is 4.79 Å². The van der Waals surface area contributed by atoms with E-state index in [1.807, 2.05) is 11.4 Å². The number of esters is 1. The fraction of sp³-hybridized carbons (Fsp3) is 0.357. The first-order valence-electron chi connectivity index (χ1n) is 12.6. The number of ether oxygens (including phenoxy) is 1. The van der Waals surface area contributed by atoms with Gasteiger partial charge in [0, 0.05) is 29.6 Å². The number of benzene rings is 2. The normalized spacial score (nSPS) is 13.3. The fourth-order valence-electron chi connectivity index (χ4n) is 4.64. The molecule has 4 rings (SSSR count). The van der Waals surface area contributed by atoms with E-state index < -0.39 is 21.9 Å². The van der Waals surface area contributed by atoms with Crippen LogP contribution in [0.3, 0.4) is 0 Å². The lowest BCUT2D eigenvalue weighted by molar-refractivity contribution is 0.0529. The van der Waals surface area contributed by atoms with Gasteiger partial charge in [0.15, 0.2) is 0 Å². The van der Waals surface area contributed by atoms with Gasteiger partial charge in [-0.25, -0.2) is 13.2 Å². The molecule has 1 amide bonds. The average Bonchev–Trinajstić information content (AvgIpc) is 3.32. The average molecular weight is 541 g/mol. The Kier molecular flexibility index (Phi) is 8.46. The molecular weight excluding hydrogens is 508 g/mol. The maximum atomic E-state index is 13.1. The van der Waals surface area contributed by atoms with Crippen molar-refractivity contribution in [2.24, 2.45) is 0 Å². The molecule has 0 saturated heterocycles. The Labute approximate surface area is 222 Å². The Balaban J connectivity index is 1.62. The maximum Gasteiger partial charge on any atom is 0.341 e. The molecule has 2 aromatic carbocycles. The van der Waals surface area contributed by atoms with Crippen molar-refractivity contribution in [2.75, 3.05) is 25.0 Å². The molecule has 1 aliphatic rings. The molecule has 1 aliphatic carbocycles. The Hall–Kier alpha value is -3.01. The summed E-state index contributed by atoms with van der Waals surface area (Å²) in [4.78, 5) is 26.2. The van der Waals surface area contributed by atoms with Crippen molar-refractivity contribution in [1.29, 1.82) is 0 Å². The first-order chi connectivity index (χ1) is 17.8. The van der Waals surface area contributed by atoms with Crippen LogP contribution in [0.15, 0.2) is 52.7 Å². The van der Waals surface area contributed by atoms with Crippen molar-refractivity contribution in [3.8, 4) is 11.1 Å². The van der Waals surface area contributed by atoms with Crippen LogP contribution in [0.4, 0.5) is 5.00 Å². The number of carbonyl (C=O) groups is 2. The van der Waals surface area contributed by atoms with Gasteiger partial charge in [-0.05, 0) is 73.6 Å². The van der Waals surface area contributed by atoms with Gasteiger partial charge in [-0.15, -0.1) is 11.3 Å². The molecule has 7 nitrogen and oxygen atoms in total. The summed E-state index contributed by atoms with van der Waals surface area (Å²) in [6.45, 7) is 6.25. The van der Waals surface area contributed by atoms with Crippen LogP contribution in [0.25, 0.3) is 11.1 Å². The first-order valence-corrected chi connectivity index (χ1v) is 14.9. The lowest BCUT2D eigenvalue weighted by Gasteiger charge is -2.18. The van der Waals surface area contributed by atoms with Crippen molar-refractivity contribution in [2.45, 2.75) is 51.3 Å². The molecule has 196 valence electrons. The van der Waals surface area contributed by atoms with Crippen molar-refractivity contribution in [1.82, 2.24) is 4.31 Å². The standard InChI is InChI=1S/C28H32N2O5S2/c1-4-30(5-2)37(33,34)23-15-13-20(14-16-23)26(31)29-27-25(28(32)35-6-3)24(18-36-27)22-12-11-19-9-7-8-10-21(19)17-22/h11-18H,4-10H2,1-3H3,(H,29,31). The molecule has 9 heteroatoms. The van der Waals surface area contributed by atoms with Crippen molar-refractivity contribution < 1.29 is 22.7 Å². The number of nitrogens with zero attached hydrogens (tertiary/aromatic N) is 1. The van der Waals surface area contributed by atoms with Gasteiger partial charge in [0.2, 0.25) is 10.0 Å². The number of amides is 1. The summed E-state index contributed by atoms with van der Waals surface area (Å²) in [6, 6.07) is 12.1. The number of hydrogen-bond acceptors (Lipinski definition) is 6. The fourth-order valence-corrected chi connectivity index (χ4v) is 7.05. The molecule has 37 heavy (non-hydrogen) atoms. The monoisotopic (exact) mass is 540 g/mol. The number of anilines is 1. The topological polar surface area (TPSA) is 92.8 Å². The third-order valence-electron chi connectivity index (χ3n) is 6.62. The lowest BCUT2D eigenvalue weighted by Crippen LogP contribution is -2.30. The number of sulfonamides is 1. The minimum atomic E-state index is -3.62. The van der Waals surface area contributed by atoms with Crippen LogP contribution in [0.2, 0.25) is 0 Å². The van der Waals surface area contributed by atoms with Gasteiger partial charge in [-0.2, -0.15) is 4.31 Å². The Bertz CT molecular complexity index is 1390. The third kappa shape index (κ3) is 5.63. The number of hydrogen-bond donors (Lipinski definition) is 1. The van der Waals surface area contributed by atoms with E-state index in [0.29, 0.717) is 23.7 Å². The smallest absolute Gasteiger partial charge is 0.341 e. The molecule has 0 fully saturated rings. The predicted molar refractivity (Wildman–Crippen MR) is 147 cm³/mol. The molecule has 0 atom stereocenters. The Morgan fingerprint density at radius 1 is 0.973 bits per heavy atom.